The molecule has 2 N–H and O–H groups in total. The molecule has 1 amide bonds. The molecular weight excluding hydrogens is 431 g/mol. The summed E-state index contributed by atoms with van der Waals surface area (Å²) in [4.78, 5) is 24.6. The number of amides is 1. The van der Waals surface area contributed by atoms with E-state index in [1.807, 2.05) is 0 Å². The SMILES string of the molecule is C[C@H](O)COCCC[C@@](OCc1ccccc1)(C(=O)CNC(=O)OC(C)(C)C)C(F)(F)F. The molecule has 0 unspecified atom stereocenters. The first-order valence-electron chi connectivity index (χ1n) is 10.3. The number of carbonyl (C=O) groups is 2. The molecule has 7 nitrogen and oxygen atoms in total. The average molecular weight is 463 g/mol. The van der Waals surface area contributed by atoms with Crippen molar-refractivity contribution in [2.45, 2.75) is 70.6 Å². The minimum absolute atomic E-state index is 0.0436. The predicted molar refractivity (Wildman–Crippen MR) is 111 cm³/mol. The normalized spacial score (nSPS) is 15.0. The fourth-order valence-electron chi connectivity index (χ4n) is 2.74. The number of aliphatic hydroxyl groups excluding tert-OH is 1. The lowest BCUT2D eigenvalue weighted by atomic mass is 9.91. The van der Waals surface area contributed by atoms with Gasteiger partial charge in [0, 0.05) is 6.61 Å². The Morgan fingerprint density at radius 2 is 1.75 bits per heavy atom. The van der Waals surface area contributed by atoms with Gasteiger partial charge in [-0.05, 0) is 46.1 Å². The number of nitrogens with one attached hydrogen (secondary N) is 1. The van der Waals surface area contributed by atoms with Gasteiger partial charge in [-0.3, -0.25) is 4.79 Å². The topological polar surface area (TPSA) is 94.1 Å². The first-order valence-corrected chi connectivity index (χ1v) is 10.3. The van der Waals surface area contributed by atoms with Crippen LogP contribution in [0.3, 0.4) is 0 Å². The van der Waals surface area contributed by atoms with Crippen LogP contribution in [0, 0.1) is 0 Å². The fourth-order valence-corrected chi connectivity index (χ4v) is 2.74. The van der Waals surface area contributed by atoms with Gasteiger partial charge in [0.1, 0.15) is 5.60 Å². The summed E-state index contributed by atoms with van der Waals surface area (Å²) in [5.41, 5.74) is -3.56. The van der Waals surface area contributed by atoms with E-state index in [1.165, 1.54) is 6.92 Å². The molecule has 0 heterocycles. The Labute approximate surface area is 186 Å². The van der Waals surface area contributed by atoms with Crippen LogP contribution in [-0.4, -0.2) is 60.2 Å². The molecule has 32 heavy (non-hydrogen) atoms. The van der Waals surface area contributed by atoms with Crippen molar-refractivity contribution in [2.24, 2.45) is 0 Å². The Balaban J connectivity index is 2.99. The van der Waals surface area contributed by atoms with Gasteiger partial charge in [-0.2, -0.15) is 13.2 Å². The van der Waals surface area contributed by atoms with Crippen LogP contribution in [0.5, 0.6) is 0 Å². The summed E-state index contributed by atoms with van der Waals surface area (Å²) in [6, 6.07) is 8.15. The summed E-state index contributed by atoms with van der Waals surface area (Å²) in [6.45, 7) is 4.72. The minimum Gasteiger partial charge on any atom is -0.444 e. The maximum absolute atomic E-state index is 14.2. The molecular formula is C22H32F3NO6. The second kappa shape index (κ2) is 12.2. The van der Waals surface area contributed by atoms with Gasteiger partial charge < -0.3 is 24.6 Å². The van der Waals surface area contributed by atoms with Crippen LogP contribution in [0.1, 0.15) is 46.1 Å². The van der Waals surface area contributed by atoms with E-state index in [0.29, 0.717) is 5.56 Å². The zero-order chi connectivity index (χ0) is 24.4. The molecule has 10 heteroatoms. The molecule has 0 saturated carbocycles. The number of alkyl carbamates (subject to hydrolysis) is 1. The summed E-state index contributed by atoms with van der Waals surface area (Å²) < 4.78 is 57.9. The highest BCUT2D eigenvalue weighted by molar-refractivity contribution is 5.92. The molecule has 2 atom stereocenters. The number of ketones is 1. The molecule has 1 aromatic rings. The van der Waals surface area contributed by atoms with E-state index in [-0.39, 0.29) is 19.6 Å². The Hall–Kier alpha value is -2.17. The summed E-state index contributed by atoms with van der Waals surface area (Å²) in [5, 5.41) is 11.3. The van der Waals surface area contributed by atoms with Crippen molar-refractivity contribution in [1.82, 2.24) is 5.32 Å². The molecule has 0 aliphatic heterocycles. The smallest absolute Gasteiger partial charge is 0.424 e. The monoisotopic (exact) mass is 463 g/mol. The van der Waals surface area contributed by atoms with E-state index in [4.69, 9.17) is 14.2 Å². The number of rotatable bonds is 12. The Kier molecular flexibility index (Phi) is 10.6. The van der Waals surface area contributed by atoms with E-state index in [0.717, 1.165) is 0 Å². The van der Waals surface area contributed by atoms with Gasteiger partial charge in [0.15, 0.2) is 5.78 Å². The van der Waals surface area contributed by atoms with E-state index < -0.39 is 54.9 Å². The maximum Gasteiger partial charge on any atom is 0.424 e. The molecule has 0 aliphatic rings. The maximum atomic E-state index is 14.2. The third-order valence-corrected chi connectivity index (χ3v) is 4.21. The zero-order valence-corrected chi connectivity index (χ0v) is 18.8. The third kappa shape index (κ3) is 9.54. The largest absolute Gasteiger partial charge is 0.444 e. The minimum atomic E-state index is -5.04. The summed E-state index contributed by atoms with van der Waals surface area (Å²) in [5.74, 6) is -1.35. The van der Waals surface area contributed by atoms with Crippen molar-refractivity contribution in [3.05, 3.63) is 35.9 Å². The lowest BCUT2D eigenvalue weighted by molar-refractivity contribution is -0.272. The van der Waals surface area contributed by atoms with Crippen molar-refractivity contribution >= 4 is 11.9 Å². The van der Waals surface area contributed by atoms with Crippen molar-refractivity contribution < 1.29 is 42.1 Å². The second-order valence-corrected chi connectivity index (χ2v) is 8.41. The lowest BCUT2D eigenvalue weighted by Crippen LogP contribution is -2.57. The van der Waals surface area contributed by atoms with Gasteiger partial charge in [0.05, 0.1) is 25.9 Å². The number of halogens is 3. The molecule has 0 aromatic heterocycles. The first-order chi connectivity index (χ1) is 14.8. The van der Waals surface area contributed by atoms with Gasteiger partial charge in [0.25, 0.3) is 0 Å². The van der Waals surface area contributed by atoms with Crippen LogP contribution in [-0.2, 0) is 25.6 Å². The molecule has 0 bridgehead atoms. The van der Waals surface area contributed by atoms with E-state index in [1.54, 1.807) is 51.1 Å². The number of carbonyl (C=O) groups excluding carboxylic acids is 2. The van der Waals surface area contributed by atoms with Crippen LogP contribution in [0.2, 0.25) is 0 Å². The van der Waals surface area contributed by atoms with Crippen molar-refractivity contribution in [2.75, 3.05) is 19.8 Å². The van der Waals surface area contributed by atoms with Crippen molar-refractivity contribution in [3.63, 3.8) is 0 Å². The highest BCUT2D eigenvalue weighted by Gasteiger charge is 2.60. The highest BCUT2D eigenvalue weighted by Crippen LogP contribution is 2.39. The number of hydrogen-bond donors (Lipinski definition) is 2. The van der Waals surface area contributed by atoms with Gasteiger partial charge in [0.2, 0.25) is 5.60 Å². The van der Waals surface area contributed by atoms with Crippen LogP contribution in [0.4, 0.5) is 18.0 Å². The highest BCUT2D eigenvalue weighted by atomic mass is 19.4. The van der Waals surface area contributed by atoms with E-state index in [9.17, 15) is 27.9 Å². The molecule has 0 radical (unpaired) electrons. The standard InChI is InChI=1S/C22H32F3NO6/c1-16(27)14-30-12-8-11-21(22(23,24)25,31-15-17-9-6-5-7-10-17)18(28)13-26-19(29)32-20(2,3)4/h5-7,9-10,16,27H,8,11-15H2,1-4H3,(H,26,29)/t16-,21+/m0/s1. The quantitative estimate of drug-likeness (QED) is 0.459. The Morgan fingerprint density at radius 3 is 2.28 bits per heavy atom. The number of Topliss-reactive ketones (excluding diaryl/α,β-unsaturated/α-hetero) is 1. The number of ether oxygens (including phenoxy) is 3. The molecule has 1 aromatic carbocycles. The predicted octanol–water partition coefficient (Wildman–Crippen LogP) is 3.78. The Bertz CT molecular complexity index is 719. The fraction of sp³-hybridized carbons (Fsp3) is 0.636. The Morgan fingerprint density at radius 1 is 1.12 bits per heavy atom. The summed E-state index contributed by atoms with van der Waals surface area (Å²) >= 11 is 0. The van der Waals surface area contributed by atoms with Crippen LogP contribution in [0.25, 0.3) is 0 Å². The molecule has 1 rings (SSSR count). The molecule has 0 spiro atoms. The number of alkyl halides is 3. The van der Waals surface area contributed by atoms with E-state index in [2.05, 4.69) is 5.32 Å². The van der Waals surface area contributed by atoms with Gasteiger partial charge in [-0.25, -0.2) is 4.79 Å². The van der Waals surface area contributed by atoms with Gasteiger partial charge in [-0.1, -0.05) is 30.3 Å². The second-order valence-electron chi connectivity index (χ2n) is 8.41. The summed E-state index contributed by atoms with van der Waals surface area (Å²) in [7, 11) is 0. The van der Waals surface area contributed by atoms with Crippen molar-refractivity contribution in [3.8, 4) is 0 Å². The van der Waals surface area contributed by atoms with Gasteiger partial charge >= 0.3 is 12.3 Å². The van der Waals surface area contributed by atoms with Crippen LogP contribution >= 0.6 is 0 Å². The molecule has 0 aliphatic carbocycles. The van der Waals surface area contributed by atoms with E-state index >= 15 is 0 Å². The summed E-state index contributed by atoms with van der Waals surface area (Å²) in [6.07, 6.45) is -7.68. The van der Waals surface area contributed by atoms with Crippen LogP contribution in [0.15, 0.2) is 30.3 Å². The van der Waals surface area contributed by atoms with Gasteiger partial charge in [-0.15, -0.1) is 0 Å². The zero-order valence-electron chi connectivity index (χ0n) is 18.8. The first kappa shape index (κ1) is 27.9. The number of benzene rings is 1. The van der Waals surface area contributed by atoms with Crippen molar-refractivity contribution in [1.29, 1.82) is 0 Å². The molecule has 0 saturated heterocycles. The third-order valence-electron chi connectivity index (χ3n) is 4.21. The molecule has 182 valence electrons. The number of aliphatic hydroxyl groups is 1. The van der Waals surface area contributed by atoms with Crippen LogP contribution < -0.4 is 5.32 Å². The lowest BCUT2D eigenvalue weighted by Gasteiger charge is -2.34. The average Bonchev–Trinajstić information content (AvgIpc) is 2.66. The molecule has 0 fully saturated rings. The number of hydrogen-bond acceptors (Lipinski definition) is 6.